The van der Waals surface area contributed by atoms with Crippen molar-refractivity contribution < 1.29 is 9.18 Å². The summed E-state index contributed by atoms with van der Waals surface area (Å²) in [6.45, 7) is 0. The summed E-state index contributed by atoms with van der Waals surface area (Å²) in [4.78, 5) is 15.1. The third-order valence-electron chi connectivity index (χ3n) is 2.40. The predicted molar refractivity (Wildman–Crippen MR) is 62.0 cm³/mol. The van der Waals surface area contributed by atoms with Crippen molar-refractivity contribution in [3.8, 4) is 0 Å². The zero-order valence-electron chi connectivity index (χ0n) is 9.06. The number of carbonyl (C=O) groups excluding carboxylic acids is 1. The van der Waals surface area contributed by atoms with E-state index in [9.17, 15) is 9.18 Å². The molecule has 0 aliphatic carbocycles. The molecule has 2 N–H and O–H groups in total. The SMILES string of the molecule is NC(=O)c1ccnc(Cc2ccc(F)cc2)c1. The van der Waals surface area contributed by atoms with Crippen LogP contribution in [0.4, 0.5) is 4.39 Å². The molecule has 0 atom stereocenters. The van der Waals surface area contributed by atoms with E-state index in [1.54, 1.807) is 30.5 Å². The third kappa shape index (κ3) is 2.87. The van der Waals surface area contributed by atoms with Gasteiger partial charge in [0.25, 0.3) is 0 Å². The lowest BCUT2D eigenvalue weighted by Gasteiger charge is -2.02. The minimum absolute atomic E-state index is 0.271. The van der Waals surface area contributed by atoms with Crippen LogP contribution in [0.2, 0.25) is 0 Å². The van der Waals surface area contributed by atoms with Gasteiger partial charge >= 0.3 is 0 Å². The van der Waals surface area contributed by atoms with Crippen LogP contribution in [0.1, 0.15) is 21.6 Å². The van der Waals surface area contributed by atoms with Crippen molar-refractivity contribution in [2.24, 2.45) is 5.73 Å². The van der Waals surface area contributed by atoms with Gasteiger partial charge in [-0.05, 0) is 29.8 Å². The van der Waals surface area contributed by atoms with Crippen molar-refractivity contribution >= 4 is 5.91 Å². The van der Waals surface area contributed by atoms with Crippen molar-refractivity contribution in [1.29, 1.82) is 0 Å². The molecule has 0 radical (unpaired) electrons. The van der Waals surface area contributed by atoms with Gasteiger partial charge in [-0.3, -0.25) is 9.78 Å². The first-order chi connectivity index (χ1) is 8.15. The number of rotatable bonds is 3. The Hall–Kier alpha value is -2.23. The molecule has 0 saturated heterocycles. The molecule has 2 aromatic rings. The number of benzene rings is 1. The molecular formula is C13H11FN2O. The van der Waals surface area contributed by atoms with Crippen LogP contribution in [0.15, 0.2) is 42.6 Å². The summed E-state index contributed by atoms with van der Waals surface area (Å²) in [5.41, 5.74) is 7.27. The number of halogens is 1. The van der Waals surface area contributed by atoms with Crippen LogP contribution in [-0.4, -0.2) is 10.9 Å². The summed E-state index contributed by atoms with van der Waals surface area (Å²) in [7, 11) is 0. The average molecular weight is 230 g/mol. The molecule has 0 spiro atoms. The maximum Gasteiger partial charge on any atom is 0.248 e. The number of nitrogens with zero attached hydrogens (tertiary/aromatic N) is 1. The average Bonchev–Trinajstić information content (AvgIpc) is 2.32. The number of primary amides is 1. The molecule has 1 amide bonds. The quantitative estimate of drug-likeness (QED) is 0.875. The predicted octanol–water partition coefficient (Wildman–Crippen LogP) is 1.91. The number of nitrogens with two attached hydrogens (primary N) is 1. The molecule has 0 saturated carbocycles. The Labute approximate surface area is 98.1 Å². The Bertz CT molecular complexity index is 537. The van der Waals surface area contributed by atoms with E-state index in [4.69, 9.17) is 5.73 Å². The van der Waals surface area contributed by atoms with Crippen molar-refractivity contribution in [1.82, 2.24) is 4.98 Å². The molecule has 86 valence electrons. The normalized spacial score (nSPS) is 10.2. The van der Waals surface area contributed by atoms with E-state index >= 15 is 0 Å². The number of hydrogen-bond acceptors (Lipinski definition) is 2. The molecule has 1 heterocycles. The first-order valence-corrected chi connectivity index (χ1v) is 5.14. The molecule has 0 aliphatic heterocycles. The second-order valence-corrected chi connectivity index (χ2v) is 3.70. The van der Waals surface area contributed by atoms with Crippen LogP contribution in [0.3, 0.4) is 0 Å². The molecule has 3 nitrogen and oxygen atoms in total. The highest BCUT2D eigenvalue weighted by Crippen LogP contribution is 2.09. The topological polar surface area (TPSA) is 56.0 Å². The van der Waals surface area contributed by atoms with E-state index in [0.29, 0.717) is 12.0 Å². The Kier molecular flexibility index (Phi) is 3.14. The molecule has 2 rings (SSSR count). The highest BCUT2D eigenvalue weighted by molar-refractivity contribution is 5.92. The maximum atomic E-state index is 12.7. The third-order valence-corrected chi connectivity index (χ3v) is 2.40. The standard InChI is InChI=1S/C13H11FN2O/c14-11-3-1-9(2-4-11)7-12-8-10(13(15)17)5-6-16-12/h1-6,8H,7H2,(H2,15,17). The summed E-state index contributed by atoms with van der Waals surface area (Å²) >= 11 is 0. The van der Waals surface area contributed by atoms with Crippen molar-refractivity contribution in [2.45, 2.75) is 6.42 Å². The first-order valence-electron chi connectivity index (χ1n) is 5.14. The zero-order chi connectivity index (χ0) is 12.3. The Morgan fingerprint density at radius 1 is 1.24 bits per heavy atom. The fourth-order valence-corrected chi connectivity index (χ4v) is 1.54. The largest absolute Gasteiger partial charge is 0.366 e. The van der Waals surface area contributed by atoms with Crippen LogP contribution in [0, 0.1) is 5.82 Å². The number of carbonyl (C=O) groups is 1. The van der Waals surface area contributed by atoms with Crippen LogP contribution < -0.4 is 5.73 Å². The van der Waals surface area contributed by atoms with Gasteiger partial charge in [0.05, 0.1) is 0 Å². The van der Waals surface area contributed by atoms with Crippen molar-refractivity contribution in [2.75, 3.05) is 0 Å². The molecule has 1 aromatic carbocycles. The molecule has 0 aliphatic rings. The Balaban J connectivity index is 2.21. The van der Waals surface area contributed by atoms with Crippen molar-refractivity contribution in [3.63, 3.8) is 0 Å². The Morgan fingerprint density at radius 2 is 1.94 bits per heavy atom. The van der Waals surface area contributed by atoms with Gasteiger partial charge in [-0.2, -0.15) is 0 Å². The number of amides is 1. The minimum atomic E-state index is -0.479. The van der Waals surface area contributed by atoms with E-state index < -0.39 is 5.91 Å². The Morgan fingerprint density at radius 3 is 2.59 bits per heavy atom. The summed E-state index contributed by atoms with van der Waals surface area (Å²) in [5.74, 6) is -0.750. The molecular weight excluding hydrogens is 219 g/mol. The zero-order valence-corrected chi connectivity index (χ0v) is 9.06. The van der Waals surface area contributed by atoms with Crippen LogP contribution in [-0.2, 0) is 6.42 Å². The molecule has 1 aromatic heterocycles. The summed E-state index contributed by atoms with van der Waals surface area (Å²) in [6.07, 6.45) is 2.08. The van der Waals surface area contributed by atoms with E-state index in [1.807, 2.05) is 0 Å². The van der Waals surface area contributed by atoms with Gasteiger partial charge in [-0.25, -0.2) is 4.39 Å². The van der Waals surface area contributed by atoms with E-state index in [-0.39, 0.29) is 5.82 Å². The lowest BCUT2D eigenvalue weighted by atomic mass is 10.1. The fourth-order valence-electron chi connectivity index (χ4n) is 1.54. The minimum Gasteiger partial charge on any atom is -0.366 e. The van der Waals surface area contributed by atoms with Gasteiger partial charge in [0.15, 0.2) is 0 Å². The van der Waals surface area contributed by atoms with Gasteiger partial charge in [0.1, 0.15) is 5.82 Å². The second-order valence-electron chi connectivity index (χ2n) is 3.70. The monoisotopic (exact) mass is 230 g/mol. The molecule has 0 bridgehead atoms. The summed E-state index contributed by atoms with van der Waals surface area (Å²) in [5, 5.41) is 0. The molecule has 0 fully saturated rings. The second kappa shape index (κ2) is 4.74. The summed E-state index contributed by atoms with van der Waals surface area (Å²) in [6, 6.07) is 9.38. The molecule has 0 unspecified atom stereocenters. The number of hydrogen-bond donors (Lipinski definition) is 1. The first kappa shape index (κ1) is 11.3. The maximum absolute atomic E-state index is 12.7. The van der Waals surface area contributed by atoms with Gasteiger partial charge in [0.2, 0.25) is 5.91 Å². The van der Waals surface area contributed by atoms with Gasteiger partial charge in [0, 0.05) is 23.9 Å². The highest BCUT2D eigenvalue weighted by atomic mass is 19.1. The van der Waals surface area contributed by atoms with Crippen molar-refractivity contribution in [3.05, 3.63) is 65.2 Å². The lowest BCUT2D eigenvalue weighted by molar-refractivity contribution is 0.1000. The number of pyridine rings is 1. The van der Waals surface area contributed by atoms with Gasteiger partial charge in [-0.1, -0.05) is 12.1 Å². The molecule has 17 heavy (non-hydrogen) atoms. The number of aromatic nitrogens is 1. The van der Waals surface area contributed by atoms with E-state index in [0.717, 1.165) is 11.3 Å². The van der Waals surface area contributed by atoms with Gasteiger partial charge < -0.3 is 5.73 Å². The molecule has 4 heteroatoms. The van der Waals surface area contributed by atoms with Crippen LogP contribution in [0.25, 0.3) is 0 Å². The fraction of sp³-hybridized carbons (Fsp3) is 0.0769. The smallest absolute Gasteiger partial charge is 0.248 e. The lowest BCUT2D eigenvalue weighted by Crippen LogP contribution is -2.11. The van der Waals surface area contributed by atoms with E-state index in [2.05, 4.69) is 4.98 Å². The van der Waals surface area contributed by atoms with Gasteiger partial charge in [-0.15, -0.1) is 0 Å². The van der Waals surface area contributed by atoms with Crippen LogP contribution >= 0.6 is 0 Å². The van der Waals surface area contributed by atoms with Crippen LogP contribution in [0.5, 0.6) is 0 Å². The van der Waals surface area contributed by atoms with E-state index in [1.165, 1.54) is 12.1 Å². The highest BCUT2D eigenvalue weighted by Gasteiger charge is 2.03. The summed E-state index contributed by atoms with van der Waals surface area (Å²) < 4.78 is 12.7.